The number of furan rings is 1. The third-order valence-corrected chi connectivity index (χ3v) is 2.95. The quantitative estimate of drug-likeness (QED) is 0.586. The van der Waals surface area contributed by atoms with Gasteiger partial charge in [-0.2, -0.15) is 0 Å². The molecule has 0 amide bonds. The highest BCUT2D eigenvalue weighted by Gasteiger charge is 2.10. The molecule has 2 aromatic carbocycles. The van der Waals surface area contributed by atoms with Gasteiger partial charge in [0.25, 0.3) is 0 Å². The van der Waals surface area contributed by atoms with Crippen LogP contribution in [0, 0.1) is 0 Å². The molecule has 1 heterocycles. The summed E-state index contributed by atoms with van der Waals surface area (Å²) in [5.41, 5.74) is 2.99. The average Bonchev–Trinajstić information content (AvgIpc) is 2.75. The van der Waals surface area contributed by atoms with E-state index in [-0.39, 0.29) is 0 Å². The van der Waals surface area contributed by atoms with Crippen molar-refractivity contribution in [3.05, 3.63) is 59.8 Å². The maximum Gasteiger partial charge on any atom is 0.136 e. The first kappa shape index (κ1) is 9.49. The lowest BCUT2D eigenvalue weighted by Gasteiger charge is -1.99. The number of hydrogen-bond acceptors (Lipinski definition) is 1. The Morgan fingerprint density at radius 3 is 2.50 bits per heavy atom. The predicted octanol–water partition coefficient (Wildman–Crippen LogP) is 4.75. The summed E-state index contributed by atoms with van der Waals surface area (Å²) >= 11 is 6.19. The molecule has 0 aliphatic carbocycles. The molecule has 0 saturated heterocycles. The van der Waals surface area contributed by atoms with Gasteiger partial charge < -0.3 is 4.42 Å². The molecule has 78 valence electrons. The first-order valence-corrected chi connectivity index (χ1v) is 5.45. The predicted molar refractivity (Wildman–Crippen MR) is 66.7 cm³/mol. The molecule has 0 unspecified atom stereocenters. The van der Waals surface area contributed by atoms with Crippen LogP contribution in [0.25, 0.3) is 22.1 Å². The lowest BCUT2D eigenvalue weighted by Crippen LogP contribution is -1.75. The second kappa shape index (κ2) is 3.69. The van der Waals surface area contributed by atoms with Gasteiger partial charge in [-0.05, 0) is 17.7 Å². The number of fused-ring (bicyclic) bond motifs is 1. The Hall–Kier alpha value is -1.73. The van der Waals surface area contributed by atoms with Gasteiger partial charge in [0.05, 0.1) is 11.3 Å². The standard InChI is InChI=1S/C14H9ClO/c15-12-7-4-8-13-14(12)11(9-16-13)10-5-2-1-3-6-10/h1-9H. The van der Waals surface area contributed by atoms with Gasteiger partial charge in [-0.25, -0.2) is 0 Å². The van der Waals surface area contributed by atoms with Crippen molar-refractivity contribution in [1.82, 2.24) is 0 Å². The third-order valence-electron chi connectivity index (χ3n) is 2.63. The highest BCUT2D eigenvalue weighted by molar-refractivity contribution is 6.36. The van der Waals surface area contributed by atoms with Gasteiger partial charge in [-0.3, -0.25) is 0 Å². The Morgan fingerprint density at radius 1 is 0.875 bits per heavy atom. The van der Waals surface area contributed by atoms with E-state index >= 15 is 0 Å². The molecule has 0 spiro atoms. The van der Waals surface area contributed by atoms with Crippen LogP contribution in [-0.2, 0) is 0 Å². The van der Waals surface area contributed by atoms with Gasteiger partial charge >= 0.3 is 0 Å². The van der Waals surface area contributed by atoms with Crippen molar-refractivity contribution in [3.63, 3.8) is 0 Å². The first-order chi connectivity index (χ1) is 7.86. The van der Waals surface area contributed by atoms with Crippen molar-refractivity contribution in [2.75, 3.05) is 0 Å². The maximum absolute atomic E-state index is 6.19. The highest BCUT2D eigenvalue weighted by atomic mass is 35.5. The second-order valence-electron chi connectivity index (χ2n) is 3.63. The topological polar surface area (TPSA) is 13.1 Å². The van der Waals surface area contributed by atoms with Crippen LogP contribution >= 0.6 is 11.6 Å². The minimum absolute atomic E-state index is 0.727. The third kappa shape index (κ3) is 1.41. The van der Waals surface area contributed by atoms with Crippen LogP contribution in [0.1, 0.15) is 0 Å². The van der Waals surface area contributed by atoms with E-state index in [9.17, 15) is 0 Å². The minimum Gasteiger partial charge on any atom is -0.464 e. The summed E-state index contributed by atoms with van der Waals surface area (Å²) in [5, 5.41) is 1.71. The summed E-state index contributed by atoms with van der Waals surface area (Å²) in [4.78, 5) is 0. The Kier molecular flexibility index (Phi) is 2.19. The number of benzene rings is 2. The van der Waals surface area contributed by atoms with Crippen LogP contribution in [0.5, 0.6) is 0 Å². The zero-order chi connectivity index (χ0) is 11.0. The highest BCUT2D eigenvalue weighted by Crippen LogP contribution is 2.34. The number of rotatable bonds is 1. The lowest BCUT2D eigenvalue weighted by atomic mass is 10.1. The summed E-state index contributed by atoms with van der Waals surface area (Å²) in [6.07, 6.45) is 1.76. The normalized spacial score (nSPS) is 10.8. The number of hydrogen-bond donors (Lipinski definition) is 0. The van der Waals surface area contributed by atoms with E-state index in [2.05, 4.69) is 0 Å². The van der Waals surface area contributed by atoms with E-state index < -0.39 is 0 Å². The van der Waals surface area contributed by atoms with Crippen LogP contribution in [-0.4, -0.2) is 0 Å². The van der Waals surface area contributed by atoms with Crippen molar-refractivity contribution >= 4 is 22.6 Å². The van der Waals surface area contributed by atoms with Crippen LogP contribution in [0.15, 0.2) is 59.2 Å². The monoisotopic (exact) mass is 228 g/mol. The van der Waals surface area contributed by atoms with Crippen LogP contribution in [0.2, 0.25) is 5.02 Å². The number of halogens is 1. The molecule has 0 aliphatic rings. The fourth-order valence-electron chi connectivity index (χ4n) is 1.88. The SMILES string of the molecule is Clc1cccc2occ(-c3ccccc3)c12. The maximum atomic E-state index is 6.19. The van der Waals surface area contributed by atoms with Gasteiger partial charge in [0, 0.05) is 10.9 Å². The molecule has 0 atom stereocenters. The minimum atomic E-state index is 0.727. The largest absolute Gasteiger partial charge is 0.464 e. The summed E-state index contributed by atoms with van der Waals surface area (Å²) in [6, 6.07) is 15.8. The molecule has 3 aromatic rings. The Bertz CT molecular complexity index is 626. The molecule has 0 N–H and O–H groups in total. The van der Waals surface area contributed by atoms with Gasteiger partial charge in [0.15, 0.2) is 0 Å². The van der Waals surface area contributed by atoms with E-state index in [0.29, 0.717) is 0 Å². The van der Waals surface area contributed by atoms with Crippen molar-refractivity contribution in [3.8, 4) is 11.1 Å². The summed E-state index contributed by atoms with van der Waals surface area (Å²) < 4.78 is 5.50. The van der Waals surface area contributed by atoms with E-state index in [1.54, 1.807) is 6.26 Å². The molecule has 3 rings (SSSR count). The van der Waals surface area contributed by atoms with Gasteiger partial charge in [-0.15, -0.1) is 0 Å². The van der Waals surface area contributed by atoms with E-state index in [1.165, 1.54) is 0 Å². The van der Waals surface area contributed by atoms with Crippen molar-refractivity contribution in [2.45, 2.75) is 0 Å². The Morgan fingerprint density at radius 2 is 1.69 bits per heavy atom. The molecule has 2 heteroatoms. The Labute approximate surface area is 98.3 Å². The van der Waals surface area contributed by atoms with E-state index in [0.717, 1.165) is 27.1 Å². The molecule has 0 radical (unpaired) electrons. The average molecular weight is 229 g/mol. The van der Waals surface area contributed by atoms with E-state index in [4.69, 9.17) is 16.0 Å². The van der Waals surface area contributed by atoms with Gasteiger partial charge in [-0.1, -0.05) is 48.0 Å². The second-order valence-corrected chi connectivity index (χ2v) is 4.04. The summed E-state index contributed by atoms with van der Waals surface area (Å²) in [6.45, 7) is 0. The molecular weight excluding hydrogens is 220 g/mol. The molecule has 0 saturated carbocycles. The van der Waals surface area contributed by atoms with E-state index in [1.807, 2.05) is 48.5 Å². The van der Waals surface area contributed by atoms with Crippen LogP contribution in [0.3, 0.4) is 0 Å². The van der Waals surface area contributed by atoms with Gasteiger partial charge in [0.1, 0.15) is 5.58 Å². The molecule has 16 heavy (non-hydrogen) atoms. The van der Waals surface area contributed by atoms with Crippen LogP contribution < -0.4 is 0 Å². The zero-order valence-corrected chi connectivity index (χ0v) is 9.24. The summed E-state index contributed by atoms with van der Waals surface area (Å²) in [7, 11) is 0. The first-order valence-electron chi connectivity index (χ1n) is 5.07. The van der Waals surface area contributed by atoms with Crippen LogP contribution in [0.4, 0.5) is 0 Å². The fourth-order valence-corrected chi connectivity index (χ4v) is 2.14. The van der Waals surface area contributed by atoms with Crippen molar-refractivity contribution in [1.29, 1.82) is 0 Å². The van der Waals surface area contributed by atoms with Gasteiger partial charge in [0.2, 0.25) is 0 Å². The fraction of sp³-hybridized carbons (Fsp3) is 0. The molecular formula is C14H9ClO. The smallest absolute Gasteiger partial charge is 0.136 e. The molecule has 1 aromatic heterocycles. The molecule has 0 aliphatic heterocycles. The molecule has 0 fully saturated rings. The summed E-state index contributed by atoms with van der Waals surface area (Å²) in [5.74, 6) is 0. The Balaban J connectivity index is 2.33. The van der Waals surface area contributed by atoms with Crippen molar-refractivity contribution < 1.29 is 4.42 Å². The molecule has 0 bridgehead atoms. The zero-order valence-electron chi connectivity index (χ0n) is 8.48. The van der Waals surface area contributed by atoms with Crippen molar-refractivity contribution in [2.24, 2.45) is 0 Å². The molecule has 1 nitrogen and oxygen atoms in total. The lowest BCUT2D eigenvalue weighted by molar-refractivity contribution is 0.617.